The van der Waals surface area contributed by atoms with Crippen LogP contribution < -0.4 is 15.0 Å². The molecule has 3 rings (SSSR count). The van der Waals surface area contributed by atoms with Gasteiger partial charge in [-0.1, -0.05) is 0 Å². The van der Waals surface area contributed by atoms with Crippen LogP contribution >= 0.6 is 0 Å². The second kappa shape index (κ2) is 9.68. The lowest BCUT2D eigenvalue weighted by Crippen LogP contribution is -2.66. The largest absolute Gasteiger partial charge is 0.479 e. The molecule has 1 fully saturated rings. The van der Waals surface area contributed by atoms with E-state index < -0.39 is 23.2 Å². The third-order valence-corrected chi connectivity index (χ3v) is 5.72. The third kappa shape index (κ3) is 5.83. The van der Waals surface area contributed by atoms with E-state index in [-0.39, 0.29) is 12.6 Å². The average Bonchev–Trinajstić information content (AvgIpc) is 2.71. The number of carbonyl (C=O) groups excluding carboxylic acids is 1. The van der Waals surface area contributed by atoms with Crippen LogP contribution in [-0.2, 0) is 22.5 Å². The Balaban J connectivity index is 1.93. The van der Waals surface area contributed by atoms with Crippen LogP contribution in [0.15, 0.2) is 0 Å². The second-order valence-corrected chi connectivity index (χ2v) is 9.97. The number of amides is 1. The monoisotopic (exact) mass is 464 g/mol. The fourth-order valence-electron chi connectivity index (χ4n) is 3.93. The number of aromatic nitrogens is 2. The van der Waals surface area contributed by atoms with Gasteiger partial charge in [-0.05, 0) is 54.8 Å². The summed E-state index contributed by atoms with van der Waals surface area (Å²) in [6.45, 7) is 10.0. The van der Waals surface area contributed by atoms with Crippen molar-refractivity contribution in [2.45, 2.75) is 51.8 Å². The first kappa shape index (κ1) is 25.0. The predicted octanol–water partition coefficient (Wildman–Crippen LogP) is 0.963. The Kier molecular flexibility index (Phi) is 7.32. The molecule has 1 amide bonds. The molecule has 1 atom stereocenters. The molecule has 33 heavy (non-hydrogen) atoms. The zero-order chi connectivity index (χ0) is 24.4. The molecule has 1 aromatic heterocycles. The van der Waals surface area contributed by atoms with E-state index in [0.717, 1.165) is 17.8 Å². The summed E-state index contributed by atoms with van der Waals surface area (Å²) in [5.74, 6) is -0.470. The summed E-state index contributed by atoms with van der Waals surface area (Å²) in [6, 6.07) is 0.233. The summed E-state index contributed by atoms with van der Waals surface area (Å²) in [6.07, 6.45) is 0.168. The Morgan fingerprint density at radius 3 is 2.61 bits per heavy atom. The van der Waals surface area contributed by atoms with Gasteiger partial charge in [0.25, 0.3) is 0 Å². The van der Waals surface area contributed by atoms with Gasteiger partial charge in [0.15, 0.2) is 5.54 Å². The number of nitrogens with one attached hydrogen (secondary N) is 1. The molecule has 0 radical (unpaired) electrons. The quantitative estimate of drug-likeness (QED) is 0.630. The van der Waals surface area contributed by atoms with Crippen LogP contribution in [0, 0.1) is 0 Å². The summed E-state index contributed by atoms with van der Waals surface area (Å²) >= 11 is 0. The number of carboxylic acids is 1. The highest BCUT2D eigenvalue weighted by Crippen LogP contribution is 2.34. The molecule has 1 unspecified atom stereocenters. The molecule has 11 heteroatoms. The normalized spacial score (nSPS) is 21.1. The molecule has 1 aromatic rings. The molecule has 0 aromatic carbocycles. The molecule has 2 N–H and O–H groups in total. The van der Waals surface area contributed by atoms with Crippen molar-refractivity contribution in [3.05, 3.63) is 11.3 Å². The fourth-order valence-corrected chi connectivity index (χ4v) is 3.93. The number of hydrogen-bond donors (Lipinski definition) is 2. The van der Waals surface area contributed by atoms with E-state index in [1.807, 2.05) is 19.0 Å². The molecule has 11 nitrogen and oxygen atoms in total. The lowest BCUT2D eigenvalue weighted by Gasteiger charge is -2.47. The number of piperazine rings is 1. The second-order valence-electron chi connectivity index (χ2n) is 9.97. The molecule has 3 heterocycles. The maximum Gasteiger partial charge on any atom is 0.410 e. The van der Waals surface area contributed by atoms with E-state index in [1.54, 1.807) is 32.6 Å². The molecule has 0 spiro atoms. The smallest absolute Gasteiger partial charge is 0.410 e. The standard InChI is InChI=1S/C22H36N6O5/c1-21(2,3)33-20(31)27-9-10-28(22(4,14-27)18(29)30)17-15-7-8-23-13-16(15)24-19(25-17)32-12-11-26(5)6/h23H,7-14H2,1-6H3,(H,29,30). The summed E-state index contributed by atoms with van der Waals surface area (Å²) < 4.78 is 11.3. The van der Waals surface area contributed by atoms with Gasteiger partial charge in [-0.3, -0.25) is 0 Å². The molecule has 184 valence electrons. The minimum Gasteiger partial charge on any atom is -0.479 e. The van der Waals surface area contributed by atoms with Crippen molar-refractivity contribution in [3.63, 3.8) is 0 Å². The number of anilines is 1. The van der Waals surface area contributed by atoms with Crippen molar-refractivity contribution >= 4 is 17.9 Å². The van der Waals surface area contributed by atoms with Crippen molar-refractivity contribution in [1.29, 1.82) is 0 Å². The third-order valence-electron chi connectivity index (χ3n) is 5.72. The van der Waals surface area contributed by atoms with Gasteiger partial charge in [-0.2, -0.15) is 9.97 Å². The van der Waals surface area contributed by atoms with Gasteiger partial charge in [0.05, 0.1) is 12.2 Å². The fraction of sp³-hybridized carbons (Fsp3) is 0.727. The van der Waals surface area contributed by atoms with Crippen LogP contribution in [0.3, 0.4) is 0 Å². The van der Waals surface area contributed by atoms with E-state index >= 15 is 0 Å². The SMILES string of the molecule is CN(C)CCOc1nc2c(c(N3CCN(C(=O)OC(C)(C)C)CC3(C)C(=O)O)n1)CCNC2. The highest BCUT2D eigenvalue weighted by Gasteiger charge is 2.48. The Morgan fingerprint density at radius 1 is 1.24 bits per heavy atom. The molecule has 2 aliphatic rings. The van der Waals surface area contributed by atoms with Crippen LogP contribution in [0.1, 0.15) is 39.0 Å². The zero-order valence-electron chi connectivity index (χ0n) is 20.5. The number of ether oxygens (including phenoxy) is 2. The first-order valence-electron chi connectivity index (χ1n) is 11.3. The van der Waals surface area contributed by atoms with Crippen molar-refractivity contribution in [2.24, 2.45) is 0 Å². The molecular formula is C22H36N6O5. The van der Waals surface area contributed by atoms with E-state index in [4.69, 9.17) is 9.47 Å². The molecule has 0 aliphatic carbocycles. The van der Waals surface area contributed by atoms with Crippen molar-refractivity contribution in [1.82, 2.24) is 25.1 Å². The zero-order valence-corrected chi connectivity index (χ0v) is 20.5. The van der Waals surface area contributed by atoms with Gasteiger partial charge < -0.3 is 34.6 Å². The Labute approximate surface area is 195 Å². The van der Waals surface area contributed by atoms with Crippen molar-refractivity contribution in [3.8, 4) is 6.01 Å². The first-order chi connectivity index (χ1) is 15.4. The highest BCUT2D eigenvalue weighted by atomic mass is 16.6. The number of carboxylic acid groups (broad SMARTS) is 1. The molecule has 0 bridgehead atoms. The number of rotatable bonds is 6. The van der Waals surface area contributed by atoms with Gasteiger partial charge in [-0.25, -0.2) is 9.59 Å². The van der Waals surface area contributed by atoms with Crippen LogP contribution in [0.2, 0.25) is 0 Å². The molecule has 2 aliphatic heterocycles. The van der Waals surface area contributed by atoms with Crippen molar-refractivity contribution in [2.75, 3.05) is 58.3 Å². The minimum absolute atomic E-state index is 0.0227. The van der Waals surface area contributed by atoms with Gasteiger partial charge >= 0.3 is 18.1 Å². The topological polar surface area (TPSA) is 120 Å². The minimum atomic E-state index is -1.39. The summed E-state index contributed by atoms with van der Waals surface area (Å²) in [7, 11) is 3.91. The number of likely N-dealkylation sites (N-methyl/N-ethyl adjacent to an activating group) is 1. The van der Waals surface area contributed by atoms with Gasteiger partial charge in [0.1, 0.15) is 18.0 Å². The number of nitrogens with zero attached hydrogens (tertiary/aromatic N) is 5. The maximum atomic E-state index is 12.7. The Hall–Kier alpha value is -2.66. The molecule has 0 saturated carbocycles. The maximum absolute atomic E-state index is 12.7. The first-order valence-corrected chi connectivity index (χ1v) is 11.3. The van der Waals surface area contributed by atoms with Gasteiger partial charge in [-0.15, -0.1) is 0 Å². The van der Waals surface area contributed by atoms with E-state index in [9.17, 15) is 14.7 Å². The molecule has 1 saturated heterocycles. The van der Waals surface area contributed by atoms with Crippen LogP contribution in [-0.4, -0.2) is 102 Å². The van der Waals surface area contributed by atoms with E-state index in [2.05, 4.69) is 15.3 Å². The van der Waals surface area contributed by atoms with E-state index in [1.165, 1.54) is 4.90 Å². The summed E-state index contributed by atoms with van der Waals surface area (Å²) in [5.41, 5.74) is -0.311. The summed E-state index contributed by atoms with van der Waals surface area (Å²) in [5, 5.41) is 13.5. The predicted molar refractivity (Wildman–Crippen MR) is 123 cm³/mol. The van der Waals surface area contributed by atoms with Gasteiger partial charge in [0.2, 0.25) is 0 Å². The van der Waals surface area contributed by atoms with E-state index in [0.29, 0.717) is 45.0 Å². The number of aliphatic carboxylic acids is 1. The molecular weight excluding hydrogens is 428 g/mol. The van der Waals surface area contributed by atoms with Crippen LogP contribution in [0.4, 0.5) is 10.6 Å². The number of fused-ring (bicyclic) bond motifs is 1. The van der Waals surface area contributed by atoms with Gasteiger partial charge in [0, 0.05) is 31.7 Å². The lowest BCUT2D eigenvalue weighted by molar-refractivity contribution is -0.144. The Morgan fingerprint density at radius 2 is 1.97 bits per heavy atom. The Bertz CT molecular complexity index is 887. The lowest BCUT2D eigenvalue weighted by atomic mass is 9.94. The van der Waals surface area contributed by atoms with Crippen molar-refractivity contribution < 1.29 is 24.2 Å². The number of carbonyl (C=O) groups is 2. The summed E-state index contributed by atoms with van der Waals surface area (Å²) in [4.78, 5) is 39.6. The van der Waals surface area contributed by atoms with Crippen LogP contribution in [0.25, 0.3) is 0 Å². The highest BCUT2D eigenvalue weighted by molar-refractivity contribution is 5.85. The average molecular weight is 465 g/mol. The number of hydrogen-bond acceptors (Lipinski definition) is 9. The van der Waals surface area contributed by atoms with Crippen LogP contribution in [0.5, 0.6) is 6.01 Å².